The first-order valence-corrected chi connectivity index (χ1v) is 5.73. The highest BCUT2D eigenvalue weighted by Gasteiger charge is 2.27. The number of fused-ring (bicyclic) bond motifs is 1. The lowest BCUT2D eigenvalue weighted by atomic mass is 10.4. The van der Waals surface area contributed by atoms with Crippen LogP contribution in [0, 0.1) is 0 Å². The van der Waals surface area contributed by atoms with Gasteiger partial charge < -0.3 is 0 Å². The second-order valence-electron chi connectivity index (χ2n) is 3.72. The first-order valence-electron chi connectivity index (χ1n) is 4.94. The monoisotopic (exact) mass is 324 g/mol. The molecule has 0 N–H and O–H groups in total. The van der Waals surface area contributed by atoms with Crippen LogP contribution in [0.5, 0.6) is 0 Å². The van der Waals surface area contributed by atoms with Gasteiger partial charge in [0.25, 0.3) is 5.56 Å². The minimum atomic E-state index is -4.30. The molecule has 0 amide bonds. The molecule has 0 saturated heterocycles. The van der Waals surface area contributed by atoms with Crippen molar-refractivity contribution in [3.63, 3.8) is 0 Å². The number of aromatic nitrogens is 4. The van der Waals surface area contributed by atoms with Crippen molar-refractivity contribution in [1.29, 1.82) is 0 Å². The van der Waals surface area contributed by atoms with Crippen molar-refractivity contribution < 1.29 is 13.2 Å². The SMILES string of the molecule is Cn1nc(Br)c2c(=O)n(CCC(F)(F)F)cnc21. The van der Waals surface area contributed by atoms with Crippen molar-refractivity contribution in [2.24, 2.45) is 7.05 Å². The van der Waals surface area contributed by atoms with Gasteiger partial charge in [-0.2, -0.15) is 18.3 Å². The van der Waals surface area contributed by atoms with Crippen LogP contribution in [-0.4, -0.2) is 25.5 Å². The first kappa shape index (κ1) is 13.1. The highest BCUT2D eigenvalue weighted by molar-refractivity contribution is 9.10. The van der Waals surface area contributed by atoms with E-state index in [0.29, 0.717) is 5.65 Å². The smallest absolute Gasteiger partial charge is 0.298 e. The number of rotatable bonds is 2. The van der Waals surface area contributed by atoms with Crippen LogP contribution in [0.4, 0.5) is 13.2 Å². The lowest BCUT2D eigenvalue weighted by molar-refractivity contribution is -0.136. The molecule has 0 bridgehead atoms. The van der Waals surface area contributed by atoms with Crippen LogP contribution in [0.25, 0.3) is 11.0 Å². The lowest BCUT2D eigenvalue weighted by Crippen LogP contribution is -2.23. The van der Waals surface area contributed by atoms with Crippen LogP contribution < -0.4 is 5.56 Å². The summed E-state index contributed by atoms with van der Waals surface area (Å²) in [6, 6.07) is 0. The summed E-state index contributed by atoms with van der Waals surface area (Å²) in [5.41, 5.74) is -0.209. The van der Waals surface area contributed by atoms with E-state index in [9.17, 15) is 18.0 Å². The number of alkyl halides is 3. The second-order valence-corrected chi connectivity index (χ2v) is 4.47. The number of nitrogens with zero attached hydrogens (tertiary/aromatic N) is 4. The van der Waals surface area contributed by atoms with Crippen molar-refractivity contribution >= 4 is 27.0 Å². The average Bonchev–Trinajstić information content (AvgIpc) is 2.52. The number of hydrogen-bond acceptors (Lipinski definition) is 3. The fraction of sp³-hybridized carbons (Fsp3) is 0.444. The zero-order valence-corrected chi connectivity index (χ0v) is 10.8. The van der Waals surface area contributed by atoms with Gasteiger partial charge >= 0.3 is 6.18 Å². The van der Waals surface area contributed by atoms with Gasteiger partial charge in [0, 0.05) is 13.6 Å². The Hall–Kier alpha value is -1.38. The summed E-state index contributed by atoms with van der Waals surface area (Å²) in [6.45, 7) is -0.452. The molecule has 0 unspecified atom stereocenters. The van der Waals surface area contributed by atoms with E-state index in [2.05, 4.69) is 26.0 Å². The molecule has 2 aromatic heterocycles. The number of halogens is 4. The molecule has 0 spiro atoms. The van der Waals surface area contributed by atoms with Crippen LogP contribution in [0.3, 0.4) is 0 Å². The lowest BCUT2D eigenvalue weighted by Gasteiger charge is -2.07. The molecule has 0 aliphatic carbocycles. The van der Waals surface area contributed by atoms with E-state index in [0.717, 1.165) is 10.9 Å². The van der Waals surface area contributed by atoms with Gasteiger partial charge in [-0.25, -0.2) is 9.67 Å². The van der Waals surface area contributed by atoms with E-state index >= 15 is 0 Å². The van der Waals surface area contributed by atoms with Crippen molar-refractivity contribution in [2.75, 3.05) is 0 Å². The summed E-state index contributed by atoms with van der Waals surface area (Å²) in [4.78, 5) is 15.9. The van der Waals surface area contributed by atoms with Gasteiger partial charge in [0.15, 0.2) is 5.65 Å². The molecule has 0 aliphatic heterocycles. The van der Waals surface area contributed by atoms with Gasteiger partial charge in [-0.3, -0.25) is 9.36 Å². The summed E-state index contributed by atoms with van der Waals surface area (Å²) in [5, 5.41) is 4.12. The fourth-order valence-electron chi connectivity index (χ4n) is 1.54. The van der Waals surface area contributed by atoms with Crippen LogP contribution in [0.2, 0.25) is 0 Å². The fourth-order valence-corrected chi connectivity index (χ4v) is 2.13. The van der Waals surface area contributed by atoms with Gasteiger partial charge in [-0.05, 0) is 15.9 Å². The first-order chi connectivity index (χ1) is 8.29. The molecular weight excluding hydrogens is 317 g/mol. The molecule has 0 aliphatic rings. The van der Waals surface area contributed by atoms with Gasteiger partial charge in [0.05, 0.1) is 12.7 Å². The normalized spacial score (nSPS) is 12.3. The van der Waals surface area contributed by atoms with E-state index in [4.69, 9.17) is 0 Å². The predicted molar refractivity (Wildman–Crippen MR) is 61.1 cm³/mol. The molecule has 0 saturated carbocycles. The Kier molecular flexibility index (Phi) is 3.18. The molecule has 2 rings (SSSR count). The quantitative estimate of drug-likeness (QED) is 0.847. The third-order valence-electron chi connectivity index (χ3n) is 2.40. The predicted octanol–water partition coefficient (Wildman–Crippen LogP) is 1.84. The molecule has 2 heterocycles. The summed E-state index contributed by atoms with van der Waals surface area (Å²) < 4.78 is 38.9. The Bertz CT molecular complexity index is 646. The molecule has 0 radical (unpaired) electrons. The Morgan fingerprint density at radius 2 is 2.11 bits per heavy atom. The largest absolute Gasteiger partial charge is 0.390 e. The zero-order valence-electron chi connectivity index (χ0n) is 9.20. The van der Waals surface area contributed by atoms with Crippen molar-refractivity contribution in [3.05, 3.63) is 21.3 Å². The minimum Gasteiger partial charge on any atom is -0.298 e. The van der Waals surface area contributed by atoms with Crippen LogP contribution in [-0.2, 0) is 13.6 Å². The molecule has 9 heteroatoms. The summed E-state index contributed by atoms with van der Waals surface area (Å²) in [6.07, 6.45) is -4.27. The van der Waals surface area contributed by atoms with Crippen LogP contribution in [0.1, 0.15) is 6.42 Å². The third-order valence-corrected chi connectivity index (χ3v) is 2.96. The van der Waals surface area contributed by atoms with E-state index in [1.165, 1.54) is 4.68 Å². The Morgan fingerprint density at radius 1 is 1.44 bits per heavy atom. The zero-order chi connectivity index (χ0) is 13.5. The van der Waals surface area contributed by atoms with E-state index in [1.807, 2.05) is 0 Å². The minimum absolute atomic E-state index is 0.183. The summed E-state index contributed by atoms with van der Waals surface area (Å²) in [7, 11) is 1.60. The maximum Gasteiger partial charge on any atom is 0.390 e. The molecule has 98 valence electrons. The van der Waals surface area contributed by atoms with E-state index < -0.39 is 24.7 Å². The van der Waals surface area contributed by atoms with Crippen molar-refractivity contribution in [2.45, 2.75) is 19.1 Å². The van der Waals surface area contributed by atoms with Crippen molar-refractivity contribution in [3.8, 4) is 0 Å². The van der Waals surface area contributed by atoms with Crippen LogP contribution in [0.15, 0.2) is 15.7 Å². The Morgan fingerprint density at radius 3 is 2.72 bits per heavy atom. The number of hydrogen-bond donors (Lipinski definition) is 0. The standard InChI is InChI=1S/C9H8BrF3N4O/c1-16-7-5(6(10)15-16)8(18)17(4-14-7)3-2-9(11,12)13/h4H,2-3H2,1H3. The van der Waals surface area contributed by atoms with Gasteiger partial charge in [-0.1, -0.05) is 0 Å². The highest BCUT2D eigenvalue weighted by atomic mass is 79.9. The van der Waals surface area contributed by atoms with Gasteiger partial charge in [0.1, 0.15) is 9.99 Å². The summed E-state index contributed by atoms with van der Waals surface area (Å²) in [5.74, 6) is 0. The number of aryl methyl sites for hydroxylation is 2. The van der Waals surface area contributed by atoms with Gasteiger partial charge in [-0.15, -0.1) is 0 Å². The summed E-state index contributed by atoms with van der Waals surface area (Å²) >= 11 is 3.09. The molecule has 0 atom stereocenters. The average molecular weight is 325 g/mol. The molecule has 0 aromatic carbocycles. The third kappa shape index (κ3) is 2.40. The highest BCUT2D eigenvalue weighted by Crippen LogP contribution is 2.20. The molecule has 0 fully saturated rings. The Balaban J connectivity index is 2.46. The van der Waals surface area contributed by atoms with E-state index in [1.54, 1.807) is 7.05 Å². The molecule has 2 aromatic rings. The van der Waals surface area contributed by atoms with Gasteiger partial charge in [0.2, 0.25) is 0 Å². The van der Waals surface area contributed by atoms with Crippen LogP contribution >= 0.6 is 15.9 Å². The molecule has 18 heavy (non-hydrogen) atoms. The van der Waals surface area contributed by atoms with E-state index in [-0.39, 0.29) is 9.99 Å². The maximum atomic E-state index is 12.1. The molecular formula is C9H8BrF3N4O. The maximum absolute atomic E-state index is 12.1. The van der Waals surface area contributed by atoms with Crippen molar-refractivity contribution in [1.82, 2.24) is 19.3 Å². The molecule has 5 nitrogen and oxygen atoms in total. The Labute approximate surface area is 107 Å². The second kappa shape index (κ2) is 4.38. The topological polar surface area (TPSA) is 52.7 Å².